The summed E-state index contributed by atoms with van der Waals surface area (Å²) in [5, 5.41) is 10.2. The van der Waals surface area contributed by atoms with Crippen LogP contribution in [0, 0.1) is 11.7 Å². The number of carbonyl (C=O) groups is 1. The van der Waals surface area contributed by atoms with E-state index < -0.39 is 11.9 Å². The molecule has 5 heteroatoms. The van der Waals surface area contributed by atoms with Crippen LogP contribution in [0.2, 0.25) is 0 Å². The maximum atomic E-state index is 13.5. The van der Waals surface area contributed by atoms with Crippen molar-refractivity contribution in [3.8, 4) is 11.1 Å². The molecule has 0 amide bonds. The van der Waals surface area contributed by atoms with E-state index in [1.807, 2.05) is 24.1 Å². The topological polar surface area (TPSA) is 53.4 Å². The second-order valence-electron chi connectivity index (χ2n) is 7.61. The van der Waals surface area contributed by atoms with Crippen molar-refractivity contribution in [2.24, 2.45) is 5.92 Å². The third-order valence-electron chi connectivity index (χ3n) is 5.19. The van der Waals surface area contributed by atoms with E-state index >= 15 is 0 Å². The Labute approximate surface area is 171 Å². The largest absolute Gasteiger partial charge is 0.481 e. The van der Waals surface area contributed by atoms with E-state index in [0.29, 0.717) is 12.4 Å². The number of benzene rings is 2. The second-order valence-corrected chi connectivity index (χ2v) is 7.61. The third-order valence-corrected chi connectivity index (χ3v) is 5.19. The van der Waals surface area contributed by atoms with Gasteiger partial charge in [-0.3, -0.25) is 4.79 Å². The quantitative estimate of drug-likeness (QED) is 0.545. The molecule has 0 spiro atoms. The van der Waals surface area contributed by atoms with Crippen molar-refractivity contribution >= 4 is 22.7 Å². The standard InChI is InChI=1S/C24H27FN2O2/c1-4-5-6-17-7-12-22-21(13-17)20(18-8-10-19(25)11-9-18)14-23(26-22)27(3)15-16(2)24(28)29/h7-14,16H,4-6,15H2,1-3H3,(H,28,29). The number of halogens is 1. The van der Waals surface area contributed by atoms with Crippen LogP contribution in [0.1, 0.15) is 32.3 Å². The summed E-state index contributed by atoms with van der Waals surface area (Å²) in [6.07, 6.45) is 3.26. The summed E-state index contributed by atoms with van der Waals surface area (Å²) in [7, 11) is 1.84. The maximum absolute atomic E-state index is 13.5. The summed E-state index contributed by atoms with van der Waals surface area (Å²) in [5.41, 5.74) is 3.98. The van der Waals surface area contributed by atoms with Crippen molar-refractivity contribution in [2.75, 3.05) is 18.5 Å². The van der Waals surface area contributed by atoms with E-state index in [1.165, 1.54) is 17.7 Å². The number of carboxylic acids is 1. The highest BCUT2D eigenvalue weighted by atomic mass is 19.1. The minimum Gasteiger partial charge on any atom is -0.481 e. The average molecular weight is 394 g/mol. The van der Waals surface area contributed by atoms with Gasteiger partial charge < -0.3 is 10.0 Å². The molecule has 0 aliphatic carbocycles. The first-order chi connectivity index (χ1) is 13.9. The maximum Gasteiger partial charge on any atom is 0.308 e. The lowest BCUT2D eigenvalue weighted by molar-refractivity contribution is -0.140. The summed E-state index contributed by atoms with van der Waals surface area (Å²) in [6.45, 7) is 4.21. The van der Waals surface area contributed by atoms with Crippen molar-refractivity contribution in [3.05, 3.63) is 59.9 Å². The van der Waals surface area contributed by atoms with Crippen LogP contribution in [-0.4, -0.2) is 29.7 Å². The molecule has 1 unspecified atom stereocenters. The van der Waals surface area contributed by atoms with E-state index in [2.05, 4.69) is 19.1 Å². The summed E-state index contributed by atoms with van der Waals surface area (Å²) in [4.78, 5) is 17.9. The van der Waals surface area contributed by atoms with Crippen LogP contribution in [0.5, 0.6) is 0 Å². The number of aliphatic carboxylic acids is 1. The fraction of sp³-hybridized carbons (Fsp3) is 0.333. The zero-order valence-corrected chi connectivity index (χ0v) is 17.2. The van der Waals surface area contributed by atoms with Crippen molar-refractivity contribution in [2.45, 2.75) is 33.1 Å². The number of fused-ring (bicyclic) bond motifs is 1. The monoisotopic (exact) mass is 394 g/mol. The summed E-state index contributed by atoms with van der Waals surface area (Å²) >= 11 is 0. The number of rotatable bonds is 8. The van der Waals surface area contributed by atoms with Crippen LogP contribution in [0.15, 0.2) is 48.5 Å². The Morgan fingerprint density at radius 3 is 2.55 bits per heavy atom. The molecule has 3 aromatic rings. The number of carboxylic acid groups (broad SMARTS) is 1. The van der Waals surface area contributed by atoms with Gasteiger partial charge in [-0.25, -0.2) is 9.37 Å². The van der Waals surface area contributed by atoms with Crippen molar-refractivity contribution in [1.82, 2.24) is 4.98 Å². The number of pyridine rings is 1. The minimum atomic E-state index is -0.836. The van der Waals surface area contributed by atoms with Crippen molar-refractivity contribution in [1.29, 1.82) is 0 Å². The number of hydrogen-bond donors (Lipinski definition) is 1. The lowest BCUT2D eigenvalue weighted by Gasteiger charge is -2.22. The lowest BCUT2D eigenvalue weighted by Crippen LogP contribution is -2.29. The van der Waals surface area contributed by atoms with Gasteiger partial charge >= 0.3 is 5.97 Å². The van der Waals surface area contributed by atoms with Gasteiger partial charge in [0.05, 0.1) is 11.4 Å². The molecule has 0 aliphatic heterocycles. The molecule has 0 fully saturated rings. The van der Waals surface area contributed by atoms with Crippen LogP contribution >= 0.6 is 0 Å². The van der Waals surface area contributed by atoms with Gasteiger partial charge in [-0.05, 0) is 59.9 Å². The highest BCUT2D eigenvalue weighted by Gasteiger charge is 2.17. The summed E-state index contributed by atoms with van der Waals surface area (Å²) in [5.74, 6) is -0.922. The van der Waals surface area contributed by atoms with E-state index in [4.69, 9.17) is 4.98 Å². The molecule has 29 heavy (non-hydrogen) atoms. The molecule has 152 valence electrons. The fourth-order valence-electron chi connectivity index (χ4n) is 3.44. The number of aromatic nitrogens is 1. The smallest absolute Gasteiger partial charge is 0.308 e. The highest BCUT2D eigenvalue weighted by Crippen LogP contribution is 2.32. The molecular weight excluding hydrogens is 367 g/mol. The third kappa shape index (κ3) is 4.91. The minimum absolute atomic E-state index is 0.275. The van der Waals surface area contributed by atoms with Crippen LogP contribution < -0.4 is 4.90 Å². The van der Waals surface area contributed by atoms with Gasteiger partial charge in [-0.15, -0.1) is 0 Å². The molecule has 0 bridgehead atoms. The number of aryl methyl sites for hydroxylation is 1. The van der Waals surface area contributed by atoms with Crippen molar-refractivity contribution in [3.63, 3.8) is 0 Å². The van der Waals surface area contributed by atoms with Gasteiger partial charge in [0.1, 0.15) is 11.6 Å². The average Bonchev–Trinajstić information content (AvgIpc) is 2.71. The Morgan fingerprint density at radius 1 is 1.17 bits per heavy atom. The lowest BCUT2D eigenvalue weighted by atomic mass is 9.97. The Morgan fingerprint density at radius 2 is 1.90 bits per heavy atom. The Hall–Kier alpha value is -2.95. The summed E-state index contributed by atoms with van der Waals surface area (Å²) < 4.78 is 13.5. The van der Waals surface area contributed by atoms with E-state index in [1.54, 1.807) is 19.1 Å². The molecular formula is C24H27FN2O2. The first-order valence-corrected chi connectivity index (χ1v) is 10.0. The highest BCUT2D eigenvalue weighted by molar-refractivity contribution is 5.96. The van der Waals surface area contributed by atoms with Crippen LogP contribution in [-0.2, 0) is 11.2 Å². The van der Waals surface area contributed by atoms with Gasteiger partial charge in [0.25, 0.3) is 0 Å². The molecule has 1 N–H and O–H groups in total. The first kappa shape index (κ1) is 20.8. The zero-order chi connectivity index (χ0) is 21.0. The Balaban J connectivity index is 2.10. The van der Waals surface area contributed by atoms with Gasteiger partial charge in [0.2, 0.25) is 0 Å². The van der Waals surface area contributed by atoms with E-state index in [9.17, 15) is 14.3 Å². The number of hydrogen-bond acceptors (Lipinski definition) is 3. The molecule has 1 atom stereocenters. The normalized spacial score (nSPS) is 12.1. The molecule has 0 saturated carbocycles. The van der Waals surface area contributed by atoms with Gasteiger partial charge in [-0.1, -0.05) is 38.5 Å². The summed E-state index contributed by atoms with van der Waals surface area (Å²) in [6, 6.07) is 14.7. The molecule has 1 aromatic heterocycles. The van der Waals surface area contributed by atoms with Crippen LogP contribution in [0.4, 0.5) is 10.2 Å². The van der Waals surface area contributed by atoms with Crippen LogP contribution in [0.25, 0.3) is 22.0 Å². The Bertz CT molecular complexity index is 1000. The van der Waals surface area contributed by atoms with Gasteiger partial charge in [0.15, 0.2) is 0 Å². The van der Waals surface area contributed by atoms with Gasteiger partial charge in [0, 0.05) is 19.0 Å². The molecule has 0 radical (unpaired) electrons. The predicted molar refractivity (Wildman–Crippen MR) is 116 cm³/mol. The number of nitrogens with zero attached hydrogens (tertiary/aromatic N) is 2. The van der Waals surface area contributed by atoms with Crippen LogP contribution in [0.3, 0.4) is 0 Å². The number of unbranched alkanes of at least 4 members (excludes halogenated alkanes) is 1. The zero-order valence-electron chi connectivity index (χ0n) is 17.2. The predicted octanol–water partition coefficient (Wildman–Crippen LogP) is 5.54. The van der Waals surface area contributed by atoms with E-state index in [0.717, 1.165) is 41.3 Å². The number of anilines is 1. The Kier molecular flexibility index (Phi) is 6.47. The molecule has 2 aromatic carbocycles. The fourth-order valence-corrected chi connectivity index (χ4v) is 3.44. The molecule has 3 rings (SSSR count). The molecule has 0 aliphatic rings. The van der Waals surface area contributed by atoms with Gasteiger partial charge in [-0.2, -0.15) is 0 Å². The SMILES string of the molecule is CCCCc1ccc2nc(N(C)CC(C)C(=O)O)cc(-c3ccc(F)cc3)c2c1. The van der Waals surface area contributed by atoms with Crippen molar-refractivity contribution < 1.29 is 14.3 Å². The second kappa shape index (κ2) is 9.03. The molecule has 1 heterocycles. The first-order valence-electron chi connectivity index (χ1n) is 10.0. The van der Waals surface area contributed by atoms with E-state index in [-0.39, 0.29) is 5.82 Å². The molecule has 0 saturated heterocycles. The molecule has 4 nitrogen and oxygen atoms in total.